The van der Waals surface area contributed by atoms with Crippen molar-refractivity contribution >= 4 is 5.91 Å². The first-order chi connectivity index (χ1) is 34.3. The van der Waals surface area contributed by atoms with Gasteiger partial charge in [0.15, 0.2) is 6.29 Å². The van der Waals surface area contributed by atoms with E-state index in [1.165, 1.54) is 225 Å². The molecule has 6 N–H and O–H groups in total. The highest BCUT2D eigenvalue weighted by molar-refractivity contribution is 5.76. The molecule has 1 aliphatic heterocycles. The summed E-state index contributed by atoms with van der Waals surface area (Å²) in [4.78, 5) is 13.1. The lowest BCUT2D eigenvalue weighted by Crippen LogP contribution is -2.60. The van der Waals surface area contributed by atoms with E-state index in [1.54, 1.807) is 6.08 Å². The fraction of sp³-hybridized carbons (Fsp3) is 0.885. The van der Waals surface area contributed by atoms with Gasteiger partial charge >= 0.3 is 0 Å². The van der Waals surface area contributed by atoms with Gasteiger partial charge in [0.05, 0.1) is 25.4 Å². The molecule has 0 bridgehead atoms. The van der Waals surface area contributed by atoms with Crippen molar-refractivity contribution in [2.24, 2.45) is 0 Å². The lowest BCUT2D eigenvalue weighted by atomic mass is 9.99. The third-order valence-corrected chi connectivity index (χ3v) is 14.5. The number of hydrogen-bond donors (Lipinski definition) is 6. The van der Waals surface area contributed by atoms with E-state index in [2.05, 4.69) is 43.5 Å². The van der Waals surface area contributed by atoms with Crippen LogP contribution in [0.4, 0.5) is 0 Å². The van der Waals surface area contributed by atoms with Gasteiger partial charge in [-0.25, -0.2) is 0 Å². The fourth-order valence-corrected chi connectivity index (χ4v) is 9.66. The zero-order valence-electron chi connectivity index (χ0n) is 45.8. The van der Waals surface area contributed by atoms with Crippen molar-refractivity contribution in [2.45, 2.75) is 333 Å². The summed E-state index contributed by atoms with van der Waals surface area (Å²) in [7, 11) is 0. The van der Waals surface area contributed by atoms with E-state index in [9.17, 15) is 30.3 Å². The summed E-state index contributed by atoms with van der Waals surface area (Å²) < 4.78 is 11.3. The maximum absolute atomic E-state index is 13.1. The quantitative estimate of drug-likeness (QED) is 0.0261. The van der Waals surface area contributed by atoms with Gasteiger partial charge in [-0.05, 0) is 51.4 Å². The highest BCUT2D eigenvalue weighted by Crippen LogP contribution is 2.23. The van der Waals surface area contributed by atoms with E-state index in [4.69, 9.17) is 9.47 Å². The van der Waals surface area contributed by atoms with Gasteiger partial charge in [-0.15, -0.1) is 0 Å². The van der Waals surface area contributed by atoms with Gasteiger partial charge < -0.3 is 40.3 Å². The smallest absolute Gasteiger partial charge is 0.220 e. The summed E-state index contributed by atoms with van der Waals surface area (Å²) in [6.45, 7) is 3.80. The monoisotopic (exact) mass is 990 g/mol. The summed E-state index contributed by atoms with van der Waals surface area (Å²) >= 11 is 0. The number of aliphatic hydroxyl groups is 5. The lowest BCUT2D eigenvalue weighted by molar-refractivity contribution is -0.302. The molecular formula is C61H115NO8. The molecule has 9 heteroatoms. The van der Waals surface area contributed by atoms with Crippen molar-refractivity contribution < 1.29 is 39.8 Å². The fourth-order valence-electron chi connectivity index (χ4n) is 9.66. The van der Waals surface area contributed by atoms with Crippen molar-refractivity contribution in [1.29, 1.82) is 0 Å². The molecule has 0 spiro atoms. The van der Waals surface area contributed by atoms with Crippen molar-refractivity contribution in [3.63, 3.8) is 0 Å². The van der Waals surface area contributed by atoms with Crippen molar-refractivity contribution in [3.05, 3.63) is 36.5 Å². The van der Waals surface area contributed by atoms with Gasteiger partial charge in [0.1, 0.15) is 24.4 Å². The minimum absolute atomic E-state index is 0.178. The van der Waals surface area contributed by atoms with Crippen LogP contribution in [0.3, 0.4) is 0 Å². The van der Waals surface area contributed by atoms with E-state index in [0.29, 0.717) is 6.42 Å². The molecule has 1 aliphatic rings. The topological polar surface area (TPSA) is 149 Å². The van der Waals surface area contributed by atoms with Crippen molar-refractivity contribution in [1.82, 2.24) is 5.32 Å². The number of aliphatic hydroxyl groups excluding tert-OH is 5. The average Bonchev–Trinajstić information content (AvgIpc) is 3.36. The van der Waals surface area contributed by atoms with E-state index in [1.807, 2.05) is 6.08 Å². The summed E-state index contributed by atoms with van der Waals surface area (Å²) in [5.74, 6) is -0.178. The number of hydrogen-bond acceptors (Lipinski definition) is 8. The molecule has 412 valence electrons. The Balaban J connectivity index is 2.21. The van der Waals surface area contributed by atoms with Gasteiger partial charge in [0.2, 0.25) is 5.91 Å². The van der Waals surface area contributed by atoms with Crippen LogP contribution in [0.1, 0.15) is 290 Å². The Morgan fingerprint density at radius 1 is 0.486 bits per heavy atom. The number of rotatable bonds is 52. The molecule has 0 radical (unpaired) electrons. The Morgan fingerprint density at radius 2 is 0.843 bits per heavy atom. The molecule has 0 aromatic rings. The van der Waals surface area contributed by atoms with E-state index in [0.717, 1.165) is 44.9 Å². The third-order valence-electron chi connectivity index (χ3n) is 14.5. The van der Waals surface area contributed by atoms with Crippen LogP contribution in [0.2, 0.25) is 0 Å². The summed E-state index contributed by atoms with van der Waals surface area (Å²) in [6.07, 6.45) is 59.3. The van der Waals surface area contributed by atoms with Crippen LogP contribution in [-0.4, -0.2) is 87.5 Å². The molecular weight excluding hydrogens is 875 g/mol. The molecule has 0 aromatic carbocycles. The minimum atomic E-state index is -1.57. The molecule has 70 heavy (non-hydrogen) atoms. The van der Waals surface area contributed by atoms with E-state index in [-0.39, 0.29) is 12.5 Å². The van der Waals surface area contributed by atoms with E-state index >= 15 is 0 Å². The number of carbonyl (C=O) groups excluding carboxylic acids is 1. The Labute approximate surface area is 431 Å². The van der Waals surface area contributed by atoms with Crippen LogP contribution in [0.5, 0.6) is 0 Å². The standard InChI is InChI=1S/C61H115NO8/c1-3-5-7-9-11-13-15-17-19-21-23-25-26-27-28-29-31-32-34-36-38-40-42-44-46-48-50-55(64)54(53-69-61-60(68)59(67)58(66)56(52-63)70-61)62-57(65)51-49-47-45-43-41-39-37-35-33-30-24-22-20-18-16-14-12-10-8-6-4-2/h16,18,22,24,48,50,54-56,58-61,63-64,66-68H,3-15,17,19-21,23,25-47,49,51-53H2,1-2H3,(H,62,65)/b18-16-,24-22-,50-48+. The lowest BCUT2D eigenvalue weighted by Gasteiger charge is -2.40. The summed E-state index contributed by atoms with van der Waals surface area (Å²) in [5, 5.41) is 54.6. The van der Waals surface area contributed by atoms with Crippen LogP contribution in [0.15, 0.2) is 36.5 Å². The second-order valence-corrected chi connectivity index (χ2v) is 21.1. The predicted molar refractivity (Wildman–Crippen MR) is 295 cm³/mol. The second-order valence-electron chi connectivity index (χ2n) is 21.1. The molecule has 1 fully saturated rings. The molecule has 0 aliphatic carbocycles. The first-order valence-electron chi connectivity index (χ1n) is 30.2. The van der Waals surface area contributed by atoms with Gasteiger partial charge in [-0.1, -0.05) is 269 Å². The first-order valence-corrected chi connectivity index (χ1v) is 30.2. The normalized spacial score (nSPS) is 19.6. The molecule has 0 saturated carbocycles. The number of unbranched alkanes of at least 4 members (excludes halogenated alkanes) is 38. The van der Waals surface area contributed by atoms with Crippen LogP contribution in [0.25, 0.3) is 0 Å². The number of ether oxygens (including phenoxy) is 2. The Morgan fingerprint density at radius 3 is 1.23 bits per heavy atom. The Hall–Kier alpha value is -1.59. The Kier molecular flexibility index (Phi) is 48.3. The molecule has 1 rings (SSSR count). The predicted octanol–water partition coefficient (Wildman–Crippen LogP) is 15.1. The first kappa shape index (κ1) is 66.4. The maximum Gasteiger partial charge on any atom is 0.220 e. The Bertz CT molecular complexity index is 1190. The molecule has 1 saturated heterocycles. The molecule has 0 aromatic heterocycles. The number of carbonyl (C=O) groups is 1. The van der Waals surface area contributed by atoms with E-state index < -0.39 is 49.5 Å². The minimum Gasteiger partial charge on any atom is -0.394 e. The molecule has 7 atom stereocenters. The van der Waals surface area contributed by atoms with Crippen molar-refractivity contribution in [3.8, 4) is 0 Å². The SMILES string of the molecule is CCCCCCC/C=C\C/C=C\CCCCCCCCCCCC(=O)NC(COC1OC(CO)C(O)C(O)C1O)C(O)/C=C/CCCCCCCCCCCCCCCCCCCCCCCCCC. The highest BCUT2D eigenvalue weighted by atomic mass is 16.7. The van der Waals surface area contributed by atoms with Crippen molar-refractivity contribution in [2.75, 3.05) is 13.2 Å². The number of allylic oxidation sites excluding steroid dienone is 5. The highest BCUT2D eigenvalue weighted by Gasteiger charge is 2.44. The maximum atomic E-state index is 13.1. The van der Waals surface area contributed by atoms with Gasteiger partial charge in [0, 0.05) is 6.42 Å². The molecule has 7 unspecified atom stereocenters. The van der Waals surface area contributed by atoms with Crippen LogP contribution < -0.4 is 5.32 Å². The van der Waals surface area contributed by atoms with Gasteiger partial charge in [-0.2, -0.15) is 0 Å². The van der Waals surface area contributed by atoms with Gasteiger partial charge in [0.25, 0.3) is 0 Å². The molecule has 9 nitrogen and oxygen atoms in total. The van der Waals surface area contributed by atoms with Crippen LogP contribution in [0, 0.1) is 0 Å². The molecule has 1 heterocycles. The number of amides is 1. The summed E-state index contributed by atoms with van der Waals surface area (Å²) in [6, 6.07) is -0.808. The molecule has 1 amide bonds. The second kappa shape index (κ2) is 50.9. The van der Waals surface area contributed by atoms with Crippen LogP contribution in [-0.2, 0) is 14.3 Å². The number of nitrogens with one attached hydrogen (secondary N) is 1. The average molecular weight is 991 g/mol. The zero-order valence-corrected chi connectivity index (χ0v) is 45.8. The zero-order chi connectivity index (χ0) is 50.8. The van der Waals surface area contributed by atoms with Gasteiger partial charge in [-0.3, -0.25) is 4.79 Å². The third kappa shape index (κ3) is 39.9. The largest absolute Gasteiger partial charge is 0.394 e. The summed E-state index contributed by atoms with van der Waals surface area (Å²) in [5.41, 5.74) is 0. The van der Waals surface area contributed by atoms with Crippen LogP contribution >= 0.6 is 0 Å².